The summed E-state index contributed by atoms with van der Waals surface area (Å²) >= 11 is 0. The molecule has 0 aliphatic rings. The molecule has 0 bridgehead atoms. The van der Waals surface area contributed by atoms with Gasteiger partial charge >= 0.3 is 11.9 Å². The van der Waals surface area contributed by atoms with Crippen molar-refractivity contribution in [2.45, 2.75) is 39.5 Å². The lowest BCUT2D eigenvalue weighted by Crippen LogP contribution is -2.09. The van der Waals surface area contributed by atoms with E-state index in [-0.39, 0.29) is 24.4 Å². The Bertz CT molecular complexity index is 345. The first-order valence-corrected chi connectivity index (χ1v) is 5.50. The lowest BCUT2D eigenvalue weighted by Gasteiger charge is -1.90. The van der Waals surface area contributed by atoms with Crippen LogP contribution in [0.5, 0.6) is 0 Å². The van der Waals surface area contributed by atoms with Crippen molar-refractivity contribution in [3.8, 4) is 0 Å². The van der Waals surface area contributed by atoms with Gasteiger partial charge < -0.3 is 10.2 Å². The number of carboxylic acids is 2. The van der Waals surface area contributed by atoms with Gasteiger partial charge in [0, 0.05) is 0 Å². The first kappa shape index (κ1) is 19.9. The van der Waals surface area contributed by atoms with Crippen LogP contribution in [0.25, 0.3) is 0 Å². The van der Waals surface area contributed by atoms with E-state index in [0.29, 0.717) is 0 Å². The molecule has 0 aromatic rings. The molecule has 8 heteroatoms. The maximum atomic E-state index is 10.5. The van der Waals surface area contributed by atoms with E-state index in [9.17, 15) is 28.8 Å². The van der Waals surface area contributed by atoms with Crippen LogP contribution in [-0.4, -0.2) is 45.3 Å². The molecule has 0 atom stereocenters. The number of carbonyl (C=O) groups excluding carboxylic acids is 4. The van der Waals surface area contributed by atoms with Crippen molar-refractivity contribution in [3.63, 3.8) is 0 Å². The van der Waals surface area contributed by atoms with Crippen molar-refractivity contribution < 1.29 is 39.0 Å². The van der Waals surface area contributed by atoms with Gasteiger partial charge in [0.25, 0.3) is 0 Å². The zero-order valence-electron chi connectivity index (χ0n) is 11.2. The molecule has 0 aromatic heterocycles. The zero-order chi connectivity index (χ0) is 16.3. The summed E-state index contributed by atoms with van der Waals surface area (Å²) < 4.78 is 0. The molecule has 0 saturated heterocycles. The summed E-state index contributed by atoms with van der Waals surface area (Å²) in [4.78, 5) is 61.1. The van der Waals surface area contributed by atoms with E-state index in [4.69, 9.17) is 10.2 Å². The molecule has 0 rings (SSSR count). The third kappa shape index (κ3) is 18.0. The fraction of sp³-hybridized carbons (Fsp3) is 0.500. The molecular formula is C12H16O8. The number of rotatable bonds is 8. The third-order valence-corrected chi connectivity index (χ3v) is 1.59. The molecule has 8 nitrogen and oxygen atoms in total. The van der Waals surface area contributed by atoms with Crippen molar-refractivity contribution >= 4 is 35.1 Å². The number of aliphatic carboxylic acids is 2. The fourth-order valence-electron chi connectivity index (χ4n) is 1.02. The van der Waals surface area contributed by atoms with Gasteiger partial charge in [-0.15, -0.1) is 0 Å². The summed E-state index contributed by atoms with van der Waals surface area (Å²) in [5.41, 5.74) is 0. The molecule has 0 fully saturated rings. The first-order valence-electron chi connectivity index (χ1n) is 5.50. The van der Waals surface area contributed by atoms with E-state index >= 15 is 0 Å². The van der Waals surface area contributed by atoms with Crippen LogP contribution in [0, 0.1) is 0 Å². The van der Waals surface area contributed by atoms with Crippen molar-refractivity contribution in [1.82, 2.24) is 0 Å². The topological polar surface area (TPSA) is 143 Å². The van der Waals surface area contributed by atoms with Gasteiger partial charge in [-0.25, -0.2) is 0 Å². The number of Topliss-reactive ketones (excluding diaryl/α,β-unsaturated/α-hetero) is 4. The second kappa shape index (κ2) is 10.5. The predicted molar refractivity (Wildman–Crippen MR) is 65.1 cm³/mol. The Kier molecular flexibility index (Phi) is 10.5. The first-order chi connectivity index (χ1) is 9.04. The number of carboxylic acid groups (broad SMARTS) is 2. The van der Waals surface area contributed by atoms with E-state index in [0.717, 1.165) is 0 Å². The molecular weight excluding hydrogens is 272 g/mol. The van der Waals surface area contributed by atoms with Gasteiger partial charge in [0.05, 0.1) is 12.8 Å². The molecule has 0 saturated carbocycles. The van der Waals surface area contributed by atoms with Gasteiger partial charge in [-0.1, -0.05) is 0 Å². The van der Waals surface area contributed by atoms with Gasteiger partial charge in [0.1, 0.15) is 24.4 Å². The summed E-state index contributed by atoms with van der Waals surface area (Å²) in [6, 6.07) is 0. The molecule has 112 valence electrons. The molecule has 0 aromatic carbocycles. The van der Waals surface area contributed by atoms with Gasteiger partial charge in [0.15, 0.2) is 11.6 Å². The molecule has 0 aliphatic carbocycles. The van der Waals surface area contributed by atoms with E-state index in [1.165, 1.54) is 13.8 Å². The second-order valence-corrected chi connectivity index (χ2v) is 3.98. The minimum absolute atomic E-state index is 0.272. The maximum absolute atomic E-state index is 10.5. The van der Waals surface area contributed by atoms with E-state index in [1.807, 2.05) is 0 Å². The second-order valence-electron chi connectivity index (χ2n) is 3.98. The number of ketones is 4. The normalized spacial score (nSPS) is 8.90. The van der Waals surface area contributed by atoms with Crippen molar-refractivity contribution in [1.29, 1.82) is 0 Å². The SMILES string of the molecule is CC(=O)CC(=O)CC(=O)O.CC(=O)CC(=O)CC(=O)O. The maximum Gasteiger partial charge on any atom is 0.310 e. The Morgan fingerprint density at radius 2 is 0.850 bits per heavy atom. The standard InChI is InChI=1S/2C6H8O4/c2*1-4(7)2-5(8)3-6(9)10/h2*2-3H2,1H3,(H,9,10). The van der Waals surface area contributed by atoms with Crippen LogP contribution in [0.3, 0.4) is 0 Å². The molecule has 2 N–H and O–H groups in total. The van der Waals surface area contributed by atoms with Crippen LogP contribution in [0.15, 0.2) is 0 Å². The van der Waals surface area contributed by atoms with Gasteiger partial charge in [-0.2, -0.15) is 0 Å². The minimum Gasteiger partial charge on any atom is -0.481 e. The summed E-state index contributed by atoms with van der Waals surface area (Å²) in [6.45, 7) is 2.50. The zero-order valence-corrected chi connectivity index (χ0v) is 11.2. The highest BCUT2D eigenvalue weighted by Gasteiger charge is 2.09. The molecule has 0 aliphatic heterocycles. The number of carbonyl (C=O) groups is 6. The Labute approximate surface area is 114 Å². The molecule has 20 heavy (non-hydrogen) atoms. The Morgan fingerprint density at radius 1 is 0.600 bits per heavy atom. The molecule has 0 radical (unpaired) electrons. The Balaban J connectivity index is 0. The van der Waals surface area contributed by atoms with Crippen LogP contribution in [0.4, 0.5) is 0 Å². The summed E-state index contributed by atoms with van der Waals surface area (Å²) in [7, 11) is 0. The highest BCUT2D eigenvalue weighted by molar-refractivity contribution is 6.05. The monoisotopic (exact) mass is 288 g/mol. The van der Waals surface area contributed by atoms with E-state index in [2.05, 4.69) is 0 Å². The van der Waals surface area contributed by atoms with Crippen LogP contribution in [0.1, 0.15) is 39.5 Å². The molecule has 0 amide bonds. The Morgan fingerprint density at radius 3 is 1.00 bits per heavy atom. The average Bonchev–Trinajstić information content (AvgIpc) is 2.11. The fourth-order valence-corrected chi connectivity index (χ4v) is 1.02. The highest BCUT2D eigenvalue weighted by atomic mass is 16.4. The molecule has 0 unspecified atom stereocenters. The van der Waals surface area contributed by atoms with Crippen molar-refractivity contribution in [3.05, 3.63) is 0 Å². The van der Waals surface area contributed by atoms with Crippen LogP contribution in [-0.2, 0) is 28.8 Å². The highest BCUT2D eigenvalue weighted by Crippen LogP contribution is 1.91. The predicted octanol–water partition coefficient (Wildman–Crippen LogP) is 0.0186. The number of hydrogen-bond donors (Lipinski definition) is 2. The van der Waals surface area contributed by atoms with Crippen molar-refractivity contribution in [2.75, 3.05) is 0 Å². The minimum atomic E-state index is -1.19. The largest absolute Gasteiger partial charge is 0.481 e. The smallest absolute Gasteiger partial charge is 0.310 e. The quantitative estimate of drug-likeness (QED) is 0.595. The van der Waals surface area contributed by atoms with E-state index in [1.54, 1.807) is 0 Å². The van der Waals surface area contributed by atoms with Crippen LogP contribution in [0.2, 0.25) is 0 Å². The van der Waals surface area contributed by atoms with E-state index < -0.39 is 36.3 Å². The molecule has 0 heterocycles. The lowest BCUT2D eigenvalue weighted by atomic mass is 10.2. The summed E-state index contributed by atoms with van der Waals surface area (Å²) in [5, 5.41) is 16.1. The average molecular weight is 288 g/mol. The Hall–Kier alpha value is -2.38. The third-order valence-electron chi connectivity index (χ3n) is 1.59. The van der Waals surface area contributed by atoms with Gasteiger partial charge in [0.2, 0.25) is 0 Å². The molecule has 0 spiro atoms. The van der Waals surface area contributed by atoms with Crippen LogP contribution < -0.4 is 0 Å². The van der Waals surface area contributed by atoms with Crippen LogP contribution >= 0.6 is 0 Å². The van der Waals surface area contributed by atoms with Gasteiger partial charge in [-0.3, -0.25) is 28.8 Å². The van der Waals surface area contributed by atoms with Gasteiger partial charge in [-0.05, 0) is 13.8 Å². The lowest BCUT2D eigenvalue weighted by molar-refractivity contribution is -0.142. The van der Waals surface area contributed by atoms with Crippen molar-refractivity contribution in [2.24, 2.45) is 0 Å². The number of hydrogen-bond acceptors (Lipinski definition) is 6. The summed E-state index contributed by atoms with van der Waals surface area (Å²) in [6.07, 6.45) is -1.66. The summed E-state index contributed by atoms with van der Waals surface area (Å²) in [5.74, 6) is -4.06.